The lowest BCUT2D eigenvalue weighted by atomic mass is 10.0. The number of carbonyl (C=O) groups is 3. The molecule has 2 aliphatic rings. The molecule has 18 heavy (non-hydrogen) atoms. The first kappa shape index (κ1) is 13.9. The van der Waals surface area contributed by atoms with Crippen LogP contribution in [0, 0.1) is 0 Å². The summed E-state index contributed by atoms with van der Waals surface area (Å²) in [6.07, 6.45) is 0.517. The number of thioether (sulfide) groups is 1. The largest absolute Gasteiger partial charge is 0.524 e. The number of hydrogen-bond acceptors (Lipinski definition) is 5. The van der Waals surface area contributed by atoms with Gasteiger partial charge in [-0.1, -0.05) is 22.6 Å². The fourth-order valence-electron chi connectivity index (χ4n) is 1.97. The van der Waals surface area contributed by atoms with Crippen molar-refractivity contribution in [2.45, 2.75) is 11.4 Å². The topological polar surface area (TPSA) is 75.7 Å². The van der Waals surface area contributed by atoms with E-state index in [-0.39, 0.29) is 11.3 Å². The number of rotatable bonds is 4. The van der Waals surface area contributed by atoms with Crippen LogP contribution in [-0.2, 0) is 18.8 Å². The molecule has 0 aromatic rings. The van der Waals surface area contributed by atoms with Crippen LogP contribution in [0.2, 0.25) is 0 Å². The van der Waals surface area contributed by atoms with Crippen LogP contribution in [0.4, 0.5) is 0 Å². The van der Waals surface area contributed by atoms with Crippen LogP contribution in [0.15, 0.2) is 11.3 Å². The lowest BCUT2D eigenvalue weighted by Gasteiger charge is -2.49. The number of nitrogens with zero attached hydrogens (tertiary/aromatic N) is 1. The third kappa shape index (κ3) is 2.07. The maximum Gasteiger partial charge on any atom is 0.341 e. The Bertz CT molecular complexity index is 444. The molecule has 2 aliphatic heterocycles. The van der Waals surface area contributed by atoms with E-state index in [9.17, 15) is 14.4 Å². The Kier molecular flexibility index (Phi) is 4.32. The highest BCUT2D eigenvalue weighted by molar-refractivity contribution is 14.1. The van der Waals surface area contributed by atoms with Gasteiger partial charge in [0.25, 0.3) is 5.91 Å². The molecule has 2 heterocycles. The van der Waals surface area contributed by atoms with E-state index in [1.54, 1.807) is 11.8 Å². The second-order valence-corrected chi connectivity index (χ2v) is 6.03. The quantitative estimate of drug-likeness (QED) is 0.206. The third-order valence-electron chi connectivity index (χ3n) is 2.83. The number of carbonyl (C=O) groups excluding carboxylic acids is 3. The van der Waals surface area contributed by atoms with Crippen LogP contribution in [0.1, 0.15) is 0 Å². The SMILES string of the molecule is O=CNC1C(=O)N2C(C(=O)O[SiH3])=C(CI)CS[C@@H]12. The fraction of sp³-hybridized carbons (Fsp3) is 0.444. The number of fused-ring (bicyclic) bond motifs is 1. The maximum absolute atomic E-state index is 11.9. The minimum Gasteiger partial charge on any atom is -0.524 e. The first-order chi connectivity index (χ1) is 8.65. The molecular weight excluding hydrogens is 387 g/mol. The number of hydrogen-bond donors (Lipinski definition) is 1. The van der Waals surface area contributed by atoms with Gasteiger partial charge in [0.1, 0.15) is 17.1 Å². The summed E-state index contributed by atoms with van der Waals surface area (Å²) in [5, 5.41) is 2.29. The monoisotopic (exact) mass is 398 g/mol. The van der Waals surface area contributed by atoms with E-state index in [0.717, 1.165) is 5.57 Å². The van der Waals surface area contributed by atoms with Gasteiger partial charge in [-0.15, -0.1) is 11.8 Å². The molecule has 1 unspecified atom stereocenters. The molecule has 6 nitrogen and oxygen atoms in total. The van der Waals surface area contributed by atoms with Gasteiger partial charge in [0.2, 0.25) is 16.9 Å². The Morgan fingerprint density at radius 3 is 3.00 bits per heavy atom. The maximum atomic E-state index is 11.9. The van der Waals surface area contributed by atoms with E-state index in [1.807, 2.05) is 0 Å². The van der Waals surface area contributed by atoms with Crippen molar-refractivity contribution >= 4 is 63.1 Å². The van der Waals surface area contributed by atoms with E-state index >= 15 is 0 Å². The first-order valence-corrected chi connectivity index (χ1v) is 8.55. The van der Waals surface area contributed by atoms with Crippen molar-refractivity contribution in [3.8, 4) is 0 Å². The lowest BCUT2D eigenvalue weighted by Crippen LogP contribution is -2.69. The molecule has 2 amide bonds. The normalized spacial score (nSPS) is 26.5. The van der Waals surface area contributed by atoms with Crippen molar-refractivity contribution < 1.29 is 18.8 Å². The molecule has 2 rings (SSSR count). The summed E-state index contributed by atoms with van der Waals surface area (Å²) in [6.45, 7) is 0. The highest BCUT2D eigenvalue weighted by Gasteiger charge is 2.53. The lowest BCUT2D eigenvalue weighted by molar-refractivity contribution is -0.148. The first-order valence-electron chi connectivity index (χ1n) is 5.16. The molecule has 1 N–H and O–H groups in total. The number of β-lactam (4-membered cyclic amide) rings is 1. The van der Waals surface area contributed by atoms with Gasteiger partial charge < -0.3 is 9.74 Å². The van der Waals surface area contributed by atoms with Gasteiger partial charge in [0, 0.05) is 10.2 Å². The van der Waals surface area contributed by atoms with Crippen molar-refractivity contribution in [2.24, 2.45) is 0 Å². The zero-order valence-electron chi connectivity index (χ0n) is 9.51. The summed E-state index contributed by atoms with van der Waals surface area (Å²) in [4.78, 5) is 35.6. The molecule has 2 atom stereocenters. The molecule has 0 radical (unpaired) electrons. The van der Waals surface area contributed by atoms with E-state index in [2.05, 4.69) is 27.9 Å². The van der Waals surface area contributed by atoms with Gasteiger partial charge in [-0.2, -0.15) is 0 Å². The van der Waals surface area contributed by atoms with Crippen LogP contribution in [-0.4, -0.2) is 55.3 Å². The van der Waals surface area contributed by atoms with Crippen molar-refractivity contribution in [3.63, 3.8) is 0 Å². The van der Waals surface area contributed by atoms with Crippen molar-refractivity contribution in [3.05, 3.63) is 11.3 Å². The number of nitrogens with one attached hydrogen (secondary N) is 1. The van der Waals surface area contributed by atoms with Crippen molar-refractivity contribution in [2.75, 3.05) is 10.2 Å². The highest BCUT2D eigenvalue weighted by atomic mass is 127. The molecule has 1 saturated heterocycles. The molecule has 98 valence electrons. The van der Waals surface area contributed by atoms with Crippen LogP contribution in [0.3, 0.4) is 0 Å². The second kappa shape index (κ2) is 5.61. The summed E-state index contributed by atoms with van der Waals surface area (Å²) in [5.74, 6) is 0.000643. The van der Waals surface area contributed by atoms with Crippen LogP contribution in [0.5, 0.6) is 0 Å². The summed E-state index contributed by atoms with van der Waals surface area (Å²) < 4.78 is 5.54. The van der Waals surface area contributed by atoms with Gasteiger partial charge in [-0.25, -0.2) is 4.79 Å². The van der Waals surface area contributed by atoms with Gasteiger partial charge in [0.15, 0.2) is 0 Å². The van der Waals surface area contributed by atoms with E-state index in [1.165, 1.54) is 4.90 Å². The van der Waals surface area contributed by atoms with E-state index in [4.69, 9.17) is 4.43 Å². The second-order valence-electron chi connectivity index (χ2n) is 3.75. The molecule has 0 spiro atoms. The third-order valence-corrected chi connectivity index (χ3v) is 5.47. The standard InChI is InChI=1S/C9H11IN2O4SSi/c10-1-4-2-17-8-5(11-3-13)7(14)12(8)6(4)9(15)16-18/h3,5,8H,1-2H2,18H3,(H,11,13)/t5?,8-/m0/s1. The Balaban J connectivity index is 2.30. The smallest absolute Gasteiger partial charge is 0.341 e. The Hall–Kier alpha value is -0.553. The summed E-state index contributed by atoms with van der Waals surface area (Å²) in [5.41, 5.74) is 1.28. The number of alkyl halides is 1. The Morgan fingerprint density at radius 2 is 2.44 bits per heavy atom. The van der Waals surface area contributed by atoms with Crippen LogP contribution >= 0.6 is 34.4 Å². The summed E-state index contributed by atoms with van der Waals surface area (Å²) in [6, 6.07) is -0.528. The zero-order valence-corrected chi connectivity index (χ0v) is 14.5. The Morgan fingerprint density at radius 1 is 1.72 bits per heavy atom. The summed E-state index contributed by atoms with van der Waals surface area (Å²) >= 11 is 3.72. The predicted octanol–water partition coefficient (Wildman–Crippen LogP) is -1.47. The van der Waals surface area contributed by atoms with Gasteiger partial charge >= 0.3 is 5.97 Å². The number of amides is 2. The van der Waals surface area contributed by atoms with E-state index < -0.39 is 12.0 Å². The molecule has 9 heteroatoms. The minimum absolute atomic E-state index is 0.190. The molecule has 0 aromatic carbocycles. The summed E-state index contributed by atoms with van der Waals surface area (Å²) in [7, 11) is 0.296. The molecule has 1 fully saturated rings. The van der Waals surface area contributed by atoms with Gasteiger partial charge in [0.05, 0.1) is 0 Å². The molecular formula is C9H11IN2O4SSi. The van der Waals surface area contributed by atoms with Crippen LogP contribution < -0.4 is 5.32 Å². The average Bonchev–Trinajstić information content (AvgIpc) is 2.41. The van der Waals surface area contributed by atoms with Crippen LogP contribution in [0.25, 0.3) is 0 Å². The number of halogens is 1. The molecule has 0 aromatic heterocycles. The molecule has 0 aliphatic carbocycles. The zero-order chi connectivity index (χ0) is 13.3. The van der Waals surface area contributed by atoms with Crippen molar-refractivity contribution in [1.82, 2.24) is 10.2 Å². The molecule has 0 saturated carbocycles. The minimum atomic E-state index is -0.528. The fourth-order valence-corrected chi connectivity index (χ4v) is 4.51. The highest BCUT2D eigenvalue weighted by Crippen LogP contribution is 2.40. The molecule has 0 bridgehead atoms. The van der Waals surface area contributed by atoms with Crippen molar-refractivity contribution in [1.29, 1.82) is 0 Å². The van der Waals surface area contributed by atoms with Gasteiger partial charge in [-0.05, 0) is 5.57 Å². The van der Waals surface area contributed by atoms with Gasteiger partial charge in [-0.3, -0.25) is 14.5 Å². The van der Waals surface area contributed by atoms with E-state index in [0.29, 0.717) is 32.8 Å². The average molecular weight is 398 g/mol. The predicted molar refractivity (Wildman–Crippen MR) is 78.0 cm³/mol. The Labute approximate surface area is 125 Å².